The average molecular weight is 339 g/mol. The number of hydrogen-bond donors (Lipinski definition) is 0. The summed E-state index contributed by atoms with van der Waals surface area (Å²) >= 11 is 0. The number of hydrogen-bond acceptors (Lipinski definition) is 4. The lowest BCUT2D eigenvalue weighted by Gasteiger charge is -2.24. The normalized spacial score (nSPS) is 12.2. The van der Waals surface area contributed by atoms with Crippen molar-refractivity contribution >= 4 is 23.0 Å². The molecule has 25 heavy (non-hydrogen) atoms. The van der Waals surface area contributed by atoms with E-state index in [1.54, 1.807) is 17.2 Å². The van der Waals surface area contributed by atoms with Gasteiger partial charge in [-0.3, -0.25) is 0 Å². The van der Waals surface area contributed by atoms with Gasteiger partial charge in [-0.25, -0.2) is 9.78 Å². The molecule has 0 radical (unpaired) electrons. The number of nitrogens with zero attached hydrogens (tertiary/aromatic N) is 3. The van der Waals surface area contributed by atoms with Crippen molar-refractivity contribution in [2.45, 2.75) is 27.7 Å². The summed E-state index contributed by atoms with van der Waals surface area (Å²) in [5.41, 5.74) is 5.86. The summed E-state index contributed by atoms with van der Waals surface area (Å²) in [7, 11) is 1.33. The van der Waals surface area contributed by atoms with E-state index in [1.165, 1.54) is 7.11 Å². The SMILES string of the molecule is [2H]C([2H])N(c1c(C)cccc1C)c1cc(C(=O)OC)cn2c(C)c(C)nc12. The minimum absolute atomic E-state index is 0.345. The molecule has 5 heteroatoms. The van der Waals surface area contributed by atoms with Crippen LogP contribution in [0, 0.1) is 27.7 Å². The summed E-state index contributed by atoms with van der Waals surface area (Å²) in [5.74, 6) is -0.475. The van der Waals surface area contributed by atoms with Crippen LogP contribution in [0.3, 0.4) is 0 Å². The molecule has 0 atom stereocenters. The van der Waals surface area contributed by atoms with Gasteiger partial charge < -0.3 is 14.0 Å². The molecule has 0 saturated carbocycles. The fourth-order valence-corrected chi connectivity index (χ4v) is 3.07. The number of methoxy groups -OCH3 is 1. The van der Waals surface area contributed by atoms with Crippen LogP contribution in [0.1, 0.15) is 35.6 Å². The molecule has 2 heterocycles. The summed E-state index contributed by atoms with van der Waals surface area (Å²) < 4.78 is 23.1. The predicted octanol–water partition coefficient (Wildman–Crippen LogP) is 4.12. The third-order valence-corrected chi connectivity index (χ3v) is 4.54. The largest absolute Gasteiger partial charge is 0.465 e. The second-order valence-electron chi connectivity index (χ2n) is 6.19. The number of fused-ring (bicyclic) bond motifs is 1. The summed E-state index contributed by atoms with van der Waals surface area (Å²) in [5, 5.41) is 0. The molecule has 0 unspecified atom stereocenters. The molecule has 3 rings (SSSR count). The van der Waals surface area contributed by atoms with E-state index in [4.69, 9.17) is 7.48 Å². The maximum absolute atomic E-state index is 12.2. The van der Waals surface area contributed by atoms with E-state index < -0.39 is 13.0 Å². The van der Waals surface area contributed by atoms with Crippen molar-refractivity contribution < 1.29 is 12.3 Å². The van der Waals surface area contributed by atoms with Crippen LogP contribution in [0.5, 0.6) is 0 Å². The lowest BCUT2D eigenvalue weighted by atomic mass is 10.1. The van der Waals surface area contributed by atoms with E-state index in [9.17, 15) is 4.79 Å². The Balaban J connectivity index is 2.38. The Morgan fingerprint density at radius 1 is 1.24 bits per heavy atom. The fourth-order valence-electron chi connectivity index (χ4n) is 3.07. The number of esters is 1. The van der Waals surface area contributed by atoms with Crippen molar-refractivity contribution in [3.8, 4) is 0 Å². The number of para-hydroxylation sites is 1. The van der Waals surface area contributed by atoms with Crippen molar-refractivity contribution in [1.29, 1.82) is 0 Å². The van der Waals surface area contributed by atoms with E-state index in [0.717, 1.165) is 28.2 Å². The van der Waals surface area contributed by atoms with Crippen LogP contribution in [-0.2, 0) is 4.74 Å². The quantitative estimate of drug-likeness (QED) is 0.673. The molecule has 0 N–H and O–H groups in total. The number of aromatic nitrogens is 2. The molecule has 5 nitrogen and oxygen atoms in total. The Hall–Kier alpha value is -2.82. The molecule has 0 bridgehead atoms. The minimum atomic E-state index is -1.32. The van der Waals surface area contributed by atoms with Crippen molar-refractivity contribution in [3.05, 3.63) is 58.5 Å². The van der Waals surface area contributed by atoms with Crippen LogP contribution in [0.15, 0.2) is 30.5 Å². The molecule has 2 aromatic heterocycles. The second-order valence-corrected chi connectivity index (χ2v) is 6.19. The van der Waals surface area contributed by atoms with Gasteiger partial charge in [0.05, 0.1) is 24.1 Å². The Morgan fingerprint density at radius 3 is 2.52 bits per heavy atom. The van der Waals surface area contributed by atoms with Crippen molar-refractivity contribution in [2.75, 3.05) is 19.0 Å². The molecule has 130 valence electrons. The molecule has 0 spiro atoms. The number of ether oxygens (including phenoxy) is 1. The molecule has 0 fully saturated rings. The molecular formula is C20H23N3O2. The molecule has 0 aliphatic heterocycles. The van der Waals surface area contributed by atoms with Gasteiger partial charge in [0.25, 0.3) is 0 Å². The van der Waals surface area contributed by atoms with Gasteiger partial charge in [-0.2, -0.15) is 0 Å². The van der Waals surface area contributed by atoms with Crippen LogP contribution in [0.4, 0.5) is 11.4 Å². The summed E-state index contributed by atoms with van der Waals surface area (Å²) in [6.45, 7) is 6.38. The van der Waals surface area contributed by atoms with E-state index >= 15 is 0 Å². The van der Waals surface area contributed by atoms with Gasteiger partial charge in [0.15, 0.2) is 5.65 Å². The van der Waals surface area contributed by atoms with E-state index in [-0.39, 0.29) is 0 Å². The molecule has 1 aromatic carbocycles. The summed E-state index contributed by atoms with van der Waals surface area (Å²) in [6, 6.07) is 7.48. The maximum Gasteiger partial charge on any atom is 0.339 e. The summed E-state index contributed by atoms with van der Waals surface area (Å²) in [6.07, 6.45) is 1.69. The van der Waals surface area contributed by atoms with Gasteiger partial charge >= 0.3 is 5.97 Å². The highest BCUT2D eigenvalue weighted by Crippen LogP contribution is 2.33. The first-order valence-electron chi connectivity index (χ1n) is 9.19. The zero-order valence-corrected chi connectivity index (χ0v) is 15.1. The Labute approximate surface area is 150 Å². The highest BCUT2D eigenvalue weighted by molar-refractivity contribution is 5.93. The first kappa shape index (κ1) is 14.5. The first-order chi connectivity index (χ1) is 12.8. The standard InChI is InChI=1S/C20H23N3O2/c1-12-8-7-9-13(2)18(12)22(5)17-10-16(20(24)25-6)11-23-15(4)14(3)21-19(17)23/h7-11H,1-6H3/i5D2. The van der Waals surface area contributed by atoms with Crippen molar-refractivity contribution in [3.63, 3.8) is 0 Å². The van der Waals surface area contributed by atoms with Crippen LogP contribution in [0.25, 0.3) is 5.65 Å². The van der Waals surface area contributed by atoms with Crippen molar-refractivity contribution in [1.82, 2.24) is 9.38 Å². The predicted molar refractivity (Wildman–Crippen MR) is 100.0 cm³/mol. The van der Waals surface area contributed by atoms with Crippen molar-refractivity contribution in [2.24, 2.45) is 0 Å². The van der Waals surface area contributed by atoms with Crippen LogP contribution < -0.4 is 4.90 Å². The number of anilines is 2. The van der Waals surface area contributed by atoms with Gasteiger partial charge in [0.1, 0.15) is 0 Å². The average Bonchev–Trinajstić information content (AvgIpc) is 2.91. The highest BCUT2D eigenvalue weighted by atomic mass is 16.5. The Kier molecular flexibility index (Phi) is 3.62. The molecule has 3 aromatic rings. The van der Waals surface area contributed by atoms with E-state index in [1.807, 2.05) is 50.3 Å². The monoisotopic (exact) mass is 339 g/mol. The van der Waals surface area contributed by atoms with Gasteiger partial charge in [0, 0.05) is 27.3 Å². The zero-order valence-electron chi connectivity index (χ0n) is 17.1. The molecule has 0 aliphatic carbocycles. The molecule has 0 amide bonds. The van der Waals surface area contributed by atoms with E-state index in [2.05, 4.69) is 4.98 Å². The van der Waals surface area contributed by atoms with Gasteiger partial charge in [-0.05, 0) is 44.9 Å². The first-order valence-corrected chi connectivity index (χ1v) is 8.03. The zero-order chi connectivity index (χ0) is 19.9. The number of carbonyl (C=O) groups is 1. The second kappa shape index (κ2) is 6.24. The number of benzene rings is 1. The fraction of sp³-hybridized carbons (Fsp3) is 0.300. The molecule has 0 aliphatic rings. The van der Waals surface area contributed by atoms with Crippen LogP contribution in [-0.4, -0.2) is 29.5 Å². The number of imidazole rings is 1. The smallest absolute Gasteiger partial charge is 0.339 e. The number of pyridine rings is 1. The van der Waals surface area contributed by atoms with E-state index in [0.29, 0.717) is 16.9 Å². The van der Waals surface area contributed by atoms with Gasteiger partial charge in [0.2, 0.25) is 0 Å². The molecular weight excluding hydrogens is 314 g/mol. The van der Waals surface area contributed by atoms with Gasteiger partial charge in [-0.15, -0.1) is 0 Å². The Morgan fingerprint density at radius 2 is 1.92 bits per heavy atom. The number of rotatable bonds is 3. The topological polar surface area (TPSA) is 46.8 Å². The highest BCUT2D eigenvalue weighted by Gasteiger charge is 2.19. The van der Waals surface area contributed by atoms with Crippen LogP contribution >= 0.6 is 0 Å². The Bertz CT molecular complexity index is 1010. The third kappa shape index (κ3) is 2.76. The summed E-state index contributed by atoms with van der Waals surface area (Å²) in [4.78, 5) is 18.4. The third-order valence-electron chi connectivity index (χ3n) is 4.54. The number of carbonyl (C=O) groups excluding carboxylic acids is 1. The lowest BCUT2D eigenvalue weighted by molar-refractivity contribution is 0.0600. The number of aryl methyl sites for hydroxylation is 4. The van der Waals surface area contributed by atoms with Crippen LogP contribution in [0.2, 0.25) is 0 Å². The van der Waals surface area contributed by atoms with Gasteiger partial charge in [-0.1, -0.05) is 18.2 Å². The maximum atomic E-state index is 12.2. The lowest BCUT2D eigenvalue weighted by Crippen LogP contribution is -2.15. The molecule has 0 saturated heterocycles. The minimum Gasteiger partial charge on any atom is -0.465 e.